The first-order valence-electron chi connectivity index (χ1n) is 9.69. The van der Waals surface area contributed by atoms with Crippen molar-refractivity contribution in [3.05, 3.63) is 17.5 Å². The van der Waals surface area contributed by atoms with Crippen LogP contribution in [0.4, 0.5) is 0 Å². The molecule has 4 heterocycles. The summed E-state index contributed by atoms with van der Waals surface area (Å²) in [6.45, 7) is 8.32. The molecular weight excluding hydrogens is 320 g/mol. The van der Waals surface area contributed by atoms with Crippen molar-refractivity contribution in [1.29, 1.82) is 0 Å². The van der Waals surface area contributed by atoms with Gasteiger partial charge in [0, 0.05) is 45.3 Å². The predicted octanol–water partition coefficient (Wildman–Crippen LogP) is 2.55. The maximum atomic E-state index is 6.23. The number of ether oxygens (including phenoxy) is 3. The second-order valence-electron chi connectivity index (χ2n) is 7.91. The van der Waals surface area contributed by atoms with E-state index >= 15 is 0 Å². The zero-order chi connectivity index (χ0) is 17.1. The average Bonchev–Trinajstić information content (AvgIpc) is 3.23. The Bertz CT molecular complexity index is 547. The van der Waals surface area contributed by atoms with Gasteiger partial charge in [-0.1, -0.05) is 5.16 Å². The predicted molar refractivity (Wildman–Crippen MR) is 92.3 cm³/mol. The Hall–Kier alpha value is -0.950. The summed E-state index contributed by atoms with van der Waals surface area (Å²) in [7, 11) is 0. The van der Waals surface area contributed by atoms with E-state index in [0.717, 1.165) is 89.6 Å². The summed E-state index contributed by atoms with van der Waals surface area (Å²) in [5.74, 6) is 1.55. The third-order valence-corrected chi connectivity index (χ3v) is 5.91. The van der Waals surface area contributed by atoms with Gasteiger partial charge in [-0.25, -0.2) is 0 Å². The summed E-state index contributed by atoms with van der Waals surface area (Å²) in [5, 5.41) is 4.10. The van der Waals surface area contributed by atoms with Crippen molar-refractivity contribution >= 4 is 0 Å². The van der Waals surface area contributed by atoms with E-state index < -0.39 is 0 Å². The lowest BCUT2D eigenvalue weighted by Crippen LogP contribution is -2.44. The SMILES string of the molecule is Cc1cc(CN2CCC3(CC2)C[C@@H](OCC2CCOCC2)CO3)no1. The molecule has 4 rings (SSSR count). The van der Waals surface area contributed by atoms with E-state index in [2.05, 4.69) is 10.1 Å². The minimum Gasteiger partial charge on any atom is -0.381 e. The van der Waals surface area contributed by atoms with Gasteiger partial charge in [0.2, 0.25) is 0 Å². The van der Waals surface area contributed by atoms with Gasteiger partial charge in [-0.2, -0.15) is 0 Å². The van der Waals surface area contributed by atoms with Crippen molar-refractivity contribution < 1.29 is 18.7 Å². The highest BCUT2D eigenvalue weighted by Gasteiger charge is 2.43. The fourth-order valence-electron chi connectivity index (χ4n) is 4.28. The molecule has 0 unspecified atom stereocenters. The molecule has 140 valence electrons. The maximum absolute atomic E-state index is 6.23. The molecule has 0 N–H and O–H groups in total. The van der Waals surface area contributed by atoms with Crippen molar-refractivity contribution in [2.24, 2.45) is 5.92 Å². The highest BCUT2D eigenvalue weighted by Crippen LogP contribution is 2.37. The van der Waals surface area contributed by atoms with Crippen molar-refractivity contribution in [3.63, 3.8) is 0 Å². The highest BCUT2D eigenvalue weighted by molar-refractivity contribution is 5.04. The second-order valence-corrected chi connectivity index (χ2v) is 7.91. The van der Waals surface area contributed by atoms with Gasteiger partial charge in [-0.15, -0.1) is 0 Å². The molecule has 3 aliphatic rings. The lowest BCUT2D eigenvalue weighted by molar-refractivity contribution is -0.0481. The minimum absolute atomic E-state index is 0.0383. The fourth-order valence-corrected chi connectivity index (χ4v) is 4.28. The van der Waals surface area contributed by atoms with E-state index in [-0.39, 0.29) is 11.7 Å². The second kappa shape index (κ2) is 7.74. The molecular formula is C19H30N2O4. The Labute approximate surface area is 149 Å². The quantitative estimate of drug-likeness (QED) is 0.813. The summed E-state index contributed by atoms with van der Waals surface area (Å²) in [6, 6.07) is 2.02. The summed E-state index contributed by atoms with van der Waals surface area (Å²) in [5.41, 5.74) is 1.06. The van der Waals surface area contributed by atoms with Crippen LogP contribution in [-0.4, -0.2) is 61.3 Å². The van der Waals surface area contributed by atoms with Crippen LogP contribution in [0.5, 0.6) is 0 Å². The molecule has 0 amide bonds. The van der Waals surface area contributed by atoms with Gasteiger partial charge in [0.15, 0.2) is 0 Å². The molecule has 0 saturated carbocycles. The van der Waals surface area contributed by atoms with Crippen LogP contribution in [-0.2, 0) is 20.8 Å². The average molecular weight is 350 g/mol. The first-order valence-corrected chi connectivity index (χ1v) is 9.69. The third-order valence-electron chi connectivity index (χ3n) is 5.91. The van der Waals surface area contributed by atoms with Crippen molar-refractivity contribution in [3.8, 4) is 0 Å². The van der Waals surface area contributed by atoms with Gasteiger partial charge >= 0.3 is 0 Å². The molecule has 6 nitrogen and oxygen atoms in total. The lowest BCUT2D eigenvalue weighted by atomic mass is 9.88. The third kappa shape index (κ3) is 4.42. The Kier molecular flexibility index (Phi) is 5.41. The summed E-state index contributed by atoms with van der Waals surface area (Å²) < 4.78 is 23.0. The molecule has 3 saturated heterocycles. The maximum Gasteiger partial charge on any atom is 0.133 e. The van der Waals surface area contributed by atoms with Crippen LogP contribution in [0.15, 0.2) is 10.6 Å². The number of rotatable bonds is 5. The Morgan fingerprint density at radius 3 is 2.80 bits per heavy atom. The number of piperidine rings is 1. The Morgan fingerprint density at radius 1 is 1.28 bits per heavy atom. The van der Waals surface area contributed by atoms with Crippen molar-refractivity contribution in [2.75, 3.05) is 39.5 Å². The lowest BCUT2D eigenvalue weighted by Gasteiger charge is -2.38. The molecule has 1 atom stereocenters. The van der Waals surface area contributed by atoms with Crippen molar-refractivity contribution in [2.45, 2.75) is 57.3 Å². The van der Waals surface area contributed by atoms with Crippen LogP contribution in [0.2, 0.25) is 0 Å². The van der Waals surface area contributed by atoms with E-state index in [1.54, 1.807) is 0 Å². The minimum atomic E-state index is 0.0383. The fraction of sp³-hybridized carbons (Fsp3) is 0.842. The Balaban J connectivity index is 1.20. The topological polar surface area (TPSA) is 57.0 Å². The first-order chi connectivity index (χ1) is 12.2. The molecule has 25 heavy (non-hydrogen) atoms. The number of nitrogens with zero attached hydrogens (tertiary/aromatic N) is 2. The largest absolute Gasteiger partial charge is 0.381 e. The van der Waals surface area contributed by atoms with E-state index in [1.807, 2.05) is 13.0 Å². The van der Waals surface area contributed by atoms with E-state index in [1.165, 1.54) is 0 Å². The van der Waals surface area contributed by atoms with Gasteiger partial charge in [-0.05, 0) is 38.5 Å². The smallest absolute Gasteiger partial charge is 0.133 e. The monoisotopic (exact) mass is 350 g/mol. The first kappa shape index (κ1) is 17.5. The normalized spacial score (nSPS) is 28.0. The zero-order valence-electron chi connectivity index (χ0n) is 15.2. The molecule has 1 aromatic heterocycles. The Morgan fingerprint density at radius 2 is 2.08 bits per heavy atom. The number of hydrogen-bond donors (Lipinski definition) is 0. The molecule has 0 radical (unpaired) electrons. The summed E-state index contributed by atoms with van der Waals surface area (Å²) >= 11 is 0. The van der Waals surface area contributed by atoms with E-state index in [4.69, 9.17) is 18.7 Å². The molecule has 3 fully saturated rings. The van der Waals surface area contributed by atoms with Gasteiger partial charge < -0.3 is 18.7 Å². The van der Waals surface area contributed by atoms with Crippen LogP contribution in [0, 0.1) is 12.8 Å². The molecule has 0 aromatic carbocycles. The molecule has 0 aliphatic carbocycles. The molecule has 6 heteroatoms. The van der Waals surface area contributed by atoms with Crippen molar-refractivity contribution in [1.82, 2.24) is 10.1 Å². The molecule has 1 aromatic rings. The van der Waals surface area contributed by atoms with Gasteiger partial charge in [0.05, 0.1) is 30.6 Å². The van der Waals surface area contributed by atoms with Crippen LogP contribution >= 0.6 is 0 Å². The number of aryl methyl sites for hydroxylation is 1. The van der Waals surface area contributed by atoms with Crippen LogP contribution in [0.1, 0.15) is 43.6 Å². The molecule has 3 aliphatic heterocycles. The van der Waals surface area contributed by atoms with Crippen LogP contribution in [0.25, 0.3) is 0 Å². The van der Waals surface area contributed by atoms with E-state index in [9.17, 15) is 0 Å². The number of hydrogen-bond acceptors (Lipinski definition) is 6. The van der Waals surface area contributed by atoms with Crippen LogP contribution < -0.4 is 0 Å². The standard InChI is InChI=1S/C19H30N2O4/c1-15-10-17(20-25-15)12-21-6-4-19(5-7-21)11-18(14-24-19)23-13-16-2-8-22-9-3-16/h10,16,18H,2-9,11-14H2,1H3/t18-/m1/s1. The number of likely N-dealkylation sites (tertiary alicyclic amines) is 1. The van der Waals surface area contributed by atoms with Crippen LogP contribution in [0.3, 0.4) is 0 Å². The number of aromatic nitrogens is 1. The summed E-state index contributed by atoms with van der Waals surface area (Å²) in [6.07, 6.45) is 5.76. The van der Waals surface area contributed by atoms with E-state index in [0.29, 0.717) is 5.92 Å². The van der Waals surface area contributed by atoms with Gasteiger partial charge in [0.25, 0.3) is 0 Å². The van der Waals surface area contributed by atoms with Gasteiger partial charge in [-0.3, -0.25) is 4.90 Å². The highest BCUT2D eigenvalue weighted by atomic mass is 16.6. The zero-order valence-corrected chi connectivity index (χ0v) is 15.2. The molecule has 0 bridgehead atoms. The molecule has 1 spiro atoms. The summed E-state index contributed by atoms with van der Waals surface area (Å²) in [4.78, 5) is 2.45. The van der Waals surface area contributed by atoms with Gasteiger partial charge in [0.1, 0.15) is 5.76 Å².